The molecule has 0 amide bonds. The molecule has 0 aromatic heterocycles. The molecular weight excluding hydrogens is 246 g/mol. The van der Waals surface area contributed by atoms with Crippen molar-refractivity contribution in [2.24, 2.45) is 5.92 Å². The van der Waals surface area contributed by atoms with Gasteiger partial charge in [-0.2, -0.15) is 0 Å². The molecule has 3 atom stereocenters. The molecule has 112 valence electrons. The molecule has 2 aliphatic heterocycles. The van der Waals surface area contributed by atoms with Gasteiger partial charge in [-0.3, -0.25) is 0 Å². The lowest BCUT2D eigenvalue weighted by Crippen LogP contribution is -2.32. The first-order valence-electron chi connectivity index (χ1n) is 7.50. The summed E-state index contributed by atoms with van der Waals surface area (Å²) in [6, 6.07) is 0. The van der Waals surface area contributed by atoms with E-state index in [0.29, 0.717) is 25.7 Å². The zero-order valence-electron chi connectivity index (χ0n) is 11.7. The van der Waals surface area contributed by atoms with Gasteiger partial charge in [0, 0.05) is 26.4 Å². The van der Waals surface area contributed by atoms with E-state index in [2.05, 4.69) is 5.32 Å². The molecule has 0 spiro atoms. The van der Waals surface area contributed by atoms with Crippen LogP contribution in [0.5, 0.6) is 0 Å². The maximum absolute atomic E-state index is 9.76. The van der Waals surface area contributed by atoms with Crippen LogP contribution in [-0.4, -0.2) is 63.4 Å². The summed E-state index contributed by atoms with van der Waals surface area (Å²) in [7, 11) is 0. The van der Waals surface area contributed by atoms with Gasteiger partial charge in [0.2, 0.25) is 0 Å². The van der Waals surface area contributed by atoms with E-state index in [1.165, 1.54) is 6.42 Å². The average molecular weight is 273 g/mol. The number of hydrogen-bond donors (Lipinski definition) is 2. The van der Waals surface area contributed by atoms with E-state index in [1.54, 1.807) is 0 Å². The van der Waals surface area contributed by atoms with E-state index < -0.39 is 6.10 Å². The quantitative estimate of drug-likeness (QED) is 0.601. The highest BCUT2D eigenvalue weighted by atomic mass is 16.5. The number of ether oxygens (including phenoxy) is 3. The number of hydrogen-bond acceptors (Lipinski definition) is 5. The smallest absolute Gasteiger partial charge is 0.0897 e. The molecule has 5 nitrogen and oxygen atoms in total. The fourth-order valence-electron chi connectivity index (χ4n) is 2.56. The largest absolute Gasteiger partial charge is 0.389 e. The normalized spacial score (nSPS) is 28.9. The summed E-state index contributed by atoms with van der Waals surface area (Å²) in [5, 5.41) is 13.0. The van der Waals surface area contributed by atoms with E-state index in [4.69, 9.17) is 14.2 Å². The molecule has 0 bridgehead atoms. The first kappa shape index (κ1) is 15.2. The Bertz CT molecular complexity index is 227. The number of rotatable bonds is 9. The summed E-state index contributed by atoms with van der Waals surface area (Å²) in [5.74, 6) is 0.695. The Balaban J connectivity index is 1.39. The van der Waals surface area contributed by atoms with Crippen LogP contribution >= 0.6 is 0 Å². The first-order valence-corrected chi connectivity index (χ1v) is 7.50. The molecule has 0 aromatic carbocycles. The van der Waals surface area contributed by atoms with Crippen molar-refractivity contribution in [2.45, 2.75) is 37.9 Å². The van der Waals surface area contributed by atoms with Crippen LogP contribution in [-0.2, 0) is 14.2 Å². The van der Waals surface area contributed by atoms with Crippen LogP contribution in [0, 0.1) is 5.92 Å². The second-order valence-electron chi connectivity index (χ2n) is 5.55. The van der Waals surface area contributed by atoms with Crippen molar-refractivity contribution in [3.63, 3.8) is 0 Å². The summed E-state index contributed by atoms with van der Waals surface area (Å²) >= 11 is 0. The highest BCUT2D eigenvalue weighted by Crippen LogP contribution is 2.15. The van der Waals surface area contributed by atoms with Crippen LogP contribution in [0.25, 0.3) is 0 Å². The van der Waals surface area contributed by atoms with Crippen molar-refractivity contribution in [2.75, 3.05) is 46.1 Å². The Labute approximate surface area is 115 Å². The zero-order valence-corrected chi connectivity index (χ0v) is 11.7. The maximum Gasteiger partial charge on any atom is 0.0897 e. The number of aliphatic hydroxyl groups excluding tert-OH is 1. The van der Waals surface area contributed by atoms with Gasteiger partial charge in [-0.25, -0.2) is 0 Å². The van der Waals surface area contributed by atoms with Crippen LogP contribution in [0.15, 0.2) is 0 Å². The lowest BCUT2D eigenvalue weighted by molar-refractivity contribution is -0.0164. The molecule has 2 heterocycles. The highest BCUT2D eigenvalue weighted by Gasteiger charge is 2.17. The minimum Gasteiger partial charge on any atom is -0.389 e. The molecular formula is C14H27NO4. The molecule has 2 aliphatic rings. The molecule has 19 heavy (non-hydrogen) atoms. The fraction of sp³-hybridized carbons (Fsp3) is 1.00. The topological polar surface area (TPSA) is 60.0 Å². The minimum atomic E-state index is -0.429. The highest BCUT2D eigenvalue weighted by molar-refractivity contribution is 4.67. The second kappa shape index (κ2) is 8.87. The van der Waals surface area contributed by atoms with Crippen LogP contribution in [0.4, 0.5) is 0 Å². The Morgan fingerprint density at radius 2 is 2.26 bits per heavy atom. The van der Waals surface area contributed by atoms with Gasteiger partial charge in [0.25, 0.3) is 0 Å². The van der Waals surface area contributed by atoms with Crippen LogP contribution in [0.3, 0.4) is 0 Å². The predicted molar refractivity (Wildman–Crippen MR) is 72.2 cm³/mol. The van der Waals surface area contributed by atoms with Crippen LogP contribution in [0.2, 0.25) is 0 Å². The van der Waals surface area contributed by atoms with E-state index in [0.717, 1.165) is 45.6 Å². The summed E-state index contributed by atoms with van der Waals surface area (Å²) in [4.78, 5) is 0. The van der Waals surface area contributed by atoms with E-state index in [9.17, 15) is 5.11 Å². The lowest BCUT2D eigenvalue weighted by atomic mass is 10.1. The summed E-state index contributed by atoms with van der Waals surface area (Å²) in [6.07, 6.45) is 4.32. The summed E-state index contributed by atoms with van der Waals surface area (Å²) < 4.78 is 16.3. The van der Waals surface area contributed by atoms with Gasteiger partial charge in [-0.05, 0) is 38.1 Å². The third kappa shape index (κ3) is 6.19. The van der Waals surface area contributed by atoms with Crippen molar-refractivity contribution < 1.29 is 19.3 Å². The van der Waals surface area contributed by atoms with Gasteiger partial charge >= 0.3 is 0 Å². The Kier molecular flexibility index (Phi) is 7.09. The van der Waals surface area contributed by atoms with E-state index >= 15 is 0 Å². The third-order valence-electron chi connectivity index (χ3n) is 3.77. The summed E-state index contributed by atoms with van der Waals surface area (Å²) in [6.45, 7) is 5.19. The maximum atomic E-state index is 9.76. The monoisotopic (exact) mass is 273 g/mol. The van der Waals surface area contributed by atoms with Gasteiger partial charge in [-0.15, -0.1) is 0 Å². The number of nitrogens with one attached hydrogen (secondary N) is 1. The molecule has 5 heteroatoms. The van der Waals surface area contributed by atoms with Gasteiger partial charge < -0.3 is 24.6 Å². The molecule has 3 unspecified atom stereocenters. The third-order valence-corrected chi connectivity index (χ3v) is 3.77. The molecule has 0 saturated carbocycles. The summed E-state index contributed by atoms with van der Waals surface area (Å²) in [5.41, 5.74) is 0. The van der Waals surface area contributed by atoms with Crippen molar-refractivity contribution in [1.82, 2.24) is 5.32 Å². The lowest BCUT2D eigenvalue weighted by Gasteiger charge is -2.15. The standard InChI is InChI=1S/C14H27NO4/c16-13(10-18-11-14-2-1-6-19-14)8-15-5-3-12-4-7-17-9-12/h12-16H,1-11H2. The van der Waals surface area contributed by atoms with Gasteiger partial charge in [0.1, 0.15) is 0 Å². The molecule has 0 aliphatic carbocycles. The van der Waals surface area contributed by atoms with Crippen molar-refractivity contribution in [3.8, 4) is 0 Å². The zero-order chi connectivity index (χ0) is 13.3. The van der Waals surface area contributed by atoms with Crippen LogP contribution < -0.4 is 5.32 Å². The Morgan fingerprint density at radius 3 is 3.00 bits per heavy atom. The molecule has 2 saturated heterocycles. The Morgan fingerprint density at radius 1 is 1.32 bits per heavy atom. The fourth-order valence-corrected chi connectivity index (χ4v) is 2.56. The van der Waals surface area contributed by atoms with Gasteiger partial charge in [0.15, 0.2) is 0 Å². The molecule has 2 rings (SSSR count). The molecule has 0 radical (unpaired) electrons. The van der Waals surface area contributed by atoms with Crippen molar-refractivity contribution >= 4 is 0 Å². The first-order chi connectivity index (χ1) is 9.34. The van der Waals surface area contributed by atoms with E-state index in [-0.39, 0.29) is 6.10 Å². The Hall–Kier alpha value is -0.200. The van der Waals surface area contributed by atoms with Gasteiger partial charge in [-0.1, -0.05) is 0 Å². The van der Waals surface area contributed by atoms with Crippen LogP contribution in [0.1, 0.15) is 25.7 Å². The minimum absolute atomic E-state index is 0.238. The van der Waals surface area contributed by atoms with E-state index in [1.807, 2.05) is 0 Å². The average Bonchev–Trinajstić information content (AvgIpc) is 3.07. The van der Waals surface area contributed by atoms with Gasteiger partial charge in [0.05, 0.1) is 25.4 Å². The van der Waals surface area contributed by atoms with Crippen molar-refractivity contribution in [3.05, 3.63) is 0 Å². The second-order valence-corrected chi connectivity index (χ2v) is 5.55. The van der Waals surface area contributed by atoms with Crippen molar-refractivity contribution in [1.29, 1.82) is 0 Å². The predicted octanol–water partition coefficient (Wildman–Crippen LogP) is 0.559. The number of aliphatic hydroxyl groups is 1. The molecule has 2 N–H and O–H groups in total. The molecule has 2 fully saturated rings. The molecule has 0 aromatic rings. The SMILES string of the molecule is OC(CNCCC1CCOC1)COCC1CCCO1.